The number of carboxylic acid groups (broad SMARTS) is 1. The van der Waals surface area contributed by atoms with Crippen LogP contribution in [-0.2, 0) is 0 Å². The topological polar surface area (TPSA) is 83.6 Å². The molecule has 1 atom stereocenters. The first kappa shape index (κ1) is 17.0. The number of nitrogens with two attached hydrogens (primary N) is 1. The second-order valence-electron chi connectivity index (χ2n) is 3.63. The molecule has 4 N–H and O–H groups in total. The largest absolute Gasteiger partial charge is 0.507 e. The molecule has 1 aromatic rings. The zero-order valence-electron chi connectivity index (χ0n) is 9.60. The standard InChI is InChI=1S/C12H14BrNO3.ClH/c1-2-3-4-9(14)10-8(13)6-5-7(11(10)15)12(16)17;/h2,5-6,9,15H,1,3-4,14H2,(H,16,17);1H/t9-;/m0./s1. The molecule has 0 amide bonds. The Kier molecular flexibility index (Phi) is 6.98. The third-order valence-electron chi connectivity index (χ3n) is 2.45. The maximum absolute atomic E-state index is 10.9. The summed E-state index contributed by atoms with van der Waals surface area (Å²) >= 11 is 3.26. The van der Waals surface area contributed by atoms with E-state index in [9.17, 15) is 9.90 Å². The van der Waals surface area contributed by atoms with E-state index in [-0.39, 0.29) is 23.7 Å². The molecule has 0 aliphatic heterocycles. The number of benzene rings is 1. The average Bonchev–Trinajstić information content (AvgIpc) is 2.25. The van der Waals surface area contributed by atoms with Crippen LogP contribution < -0.4 is 5.73 Å². The number of hydrogen-bond donors (Lipinski definition) is 3. The maximum atomic E-state index is 10.9. The molecule has 0 bridgehead atoms. The van der Waals surface area contributed by atoms with Crippen LogP contribution in [0.15, 0.2) is 29.3 Å². The Labute approximate surface area is 120 Å². The van der Waals surface area contributed by atoms with E-state index in [1.54, 1.807) is 12.1 Å². The van der Waals surface area contributed by atoms with Crippen LogP contribution in [-0.4, -0.2) is 16.2 Å². The van der Waals surface area contributed by atoms with Gasteiger partial charge in [-0.15, -0.1) is 19.0 Å². The lowest BCUT2D eigenvalue weighted by atomic mass is 9.99. The van der Waals surface area contributed by atoms with E-state index in [2.05, 4.69) is 22.5 Å². The maximum Gasteiger partial charge on any atom is 0.339 e. The van der Waals surface area contributed by atoms with Crippen LogP contribution in [0.4, 0.5) is 0 Å². The molecule has 1 aromatic carbocycles. The van der Waals surface area contributed by atoms with E-state index in [1.165, 1.54) is 6.07 Å². The Bertz CT molecular complexity index is 451. The Balaban J connectivity index is 0.00000289. The molecular weight excluding hydrogens is 321 g/mol. The third-order valence-corrected chi connectivity index (χ3v) is 3.14. The predicted octanol–water partition coefficient (Wildman–Crippen LogP) is 3.24. The lowest BCUT2D eigenvalue weighted by molar-refractivity contribution is 0.0693. The van der Waals surface area contributed by atoms with Gasteiger partial charge in [0.1, 0.15) is 11.3 Å². The summed E-state index contributed by atoms with van der Waals surface area (Å²) in [5.74, 6) is -1.45. The monoisotopic (exact) mass is 335 g/mol. The zero-order valence-corrected chi connectivity index (χ0v) is 12.0. The summed E-state index contributed by atoms with van der Waals surface area (Å²) < 4.78 is 0.608. The highest BCUT2D eigenvalue weighted by molar-refractivity contribution is 9.10. The van der Waals surface area contributed by atoms with Gasteiger partial charge in [-0.3, -0.25) is 0 Å². The van der Waals surface area contributed by atoms with Crippen LogP contribution in [0.3, 0.4) is 0 Å². The first-order valence-corrected chi connectivity index (χ1v) is 5.89. The van der Waals surface area contributed by atoms with Gasteiger partial charge in [-0.25, -0.2) is 4.79 Å². The number of hydrogen-bond acceptors (Lipinski definition) is 3. The third kappa shape index (κ3) is 3.73. The van der Waals surface area contributed by atoms with Crippen molar-refractivity contribution in [3.63, 3.8) is 0 Å². The van der Waals surface area contributed by atoms with Crippen LogP contribution in [0, 0.1) is 0 Å². The van der Waals surface area contributed by atoms with Gasteiger partial charge in [0.15, 0.2) is 0 Å². The summed E-state index contributed by atoms with van der Waals surface area (Å²) in [5.41, 5.74) is 6.20. The number of carboxylic acids is 1. The second-order valence-corrected chi connectivity index (χ2v) is 4.49. The summed E-state index contributed by atoms with van der Waals surface area (Å²) in [7, 11) is 0. The van der Waals surface area contributed by atoms with Gasteiger partial charge >= 0.3 is 5.97 Å². The van der Waals surface area contributed by atoms with Crippen LogP contribution in [0.5, 0.6) is 5.75 Å². The van der Waals surface area contributed by atoms with Crippen molar-refractivity contribution in [1.82, 2.24) is 0 Å². The molecule has 0 aliphatic rings. The van der Waals surface area contributed by atoms with E-state index in [0.29, 0.717) is 22.9 Å². The molecule has 0 spiro atoms. The first-order valence-electron chi connectivity index (χ1n) is 5.10. The van der Waals surface area contributed by atoms with Gasteiger partial charge in [-0.1, -0.05) is 22.0 Å². The highest BCUT2D eigenvalue weighted by Gasteiger charge is 2.20. The average molecular weight is 337 g/mol. The molecule has 0 saturated heterocycles. The molecule has 0 aliphatic carbocycles. The number of allylic oxidation sites excluding steroid dienone is 1. The quantitative estimate of drug-likeness (QED) is 0.721. The van der Waals surface area contributed by atoms with Crippen molar-refractivity contribution in [3.05, 3.63) is 40.4 Å². The fraction of sp³-hybridized carbons (Fsp3) is 0.250. The lowest BCUT2D eigenvalue weighted by Gasteiger charge is -2.16. The lowest BCUT2D eigenvalue weighted by Crippen LogP contribution is -2.12. The Morgan fingerprint density at radius 1 is 1.56 bits per heavy atom. The van der Waals surface area contributed by atoms with Crippen molar-refractivity contribution in [2.24, 2.45) is 5.73 Å². The molecule has 0 saturated carbocycles. The number of aromatic carboxylic acids is 1. The molecule has 0 unspecified atom stereocenters. The number of rotatable bonds is 5. The number of carbonyl (C=O) groups is 1. The van der Waals surface area contributed by atoms with E-state index in [4.69, 9.17) is 10.8 Å². The van der Waals surface area contributed by atoms with Crippen LogP contribution in [0.2, 0.25) is 0 Å². The molecule has 0 heterocycles. The van der Waals surface area contributed by atoms with Gasteiger partial charge in [0.05, 0.1) is 0 Å². The van der Waals surface area contributed by atoms with Crippen molar-refractivity contribution in [3.8, 4) is 5.75 Å². The van der Waals surface area contributed by atoms with Crippen LogP contribution in [0.25, 0.3) is 0 Å². The normalized spacial score (nSPS) is 11.4. The van der Waals surface area contributed by atoms with Crippen molar-refractivity contribution in [1.29, 1.82) is 0 Å². The highest BCUT2D eigenvalue weighted by atomic mass is 79.9. The minimum atomic E-state index is -1.17. The number of aromatic hydroxyl groups is 1. The molecule has 1 rings (SSSR count). The minimum absolute atomic E-state index is 0. The highest BCUT2D eigenvalue weighted by Crippen LogP contribution is 2.35. The summed E-state index contributed by atoms with van der Waals surface area (Å²) in [4.78, 5) is 10.9. The summed E-state index contributed by atoms with van der Waals surface area (Å²) in [5, 5.41) is 18.8. The number of phenols is 1. The van der Waals surface area contributed by atoms with Gasteiger partial charge in [-0.2, -0.15) is 0 Å². The van der Waals surface area contributed by atoms with Gasteiger partial charge < -0.3 is 15.9 Å². The van der Waals surface area contributed by atoms with Crippen LogP contribution in [0.1, 0.15) is 34.8 Å². The molecule has 18 heavy (non-hydrogen) atoms. The summed E-state index contributed by atoms with van der Waals surface area (Å²) in [6.07, 6.45) is 3.02. The van der Waals surface area contributed by atoms with E-state index < -0.39 is 12.0 Å². The Hall–Kier alpha value is -1.04. The molecular formula is C12H15BrClNO3. The van der Waals surface area contributed by atoms with Gasteiger partial charge in [0.2, 0.25) is 0 Å². The Morgan fingerprint density at radius 2 is 2.17 bits per heavy atom. The smallest absolute Gasteiger partial charge is 0.339 e. The fourth-order valence-corrected chi connectivity index (χ4v) is 2.16. The van der Waals surface area contributed by atoms with Gasteiger partial charge in [0.25, 0.3) is 0 Å². The minimum Gasteiger partial charge on any atom is -0.507 e. The zero-order chi connectivity index (χ0) is 13.0. The van der Waals surface area contributed by atoms with Crippen molar-refractivity contribution < 1.29 is 15.0 Å². The second kappa shape index (κ2) is 7.41. The summed E-state index contributed by atoms with van der Waals surface area (Å²) in [6, 6.07) is 2.49. The number of halogens is 2. The van der Waals surface area contributed by atoms with E-state index in [1.807, 2.05) is 0 Å². The molecule has 6 heteroatoms. The van der Waals surface area contributed by atoms with Crippen LogP contribution >= 0.6 is 28.3 Å². The predicted molar refractivity (Wildman–Crippen MR) is 76.4 cm³/mol. The molecule has 4 nitrogen and oxygen atoms in total. The molecule has 0 radical (unpaired) electrons. The van der Waals surface area contributed by atoms with Gasteiger partial charge in [-0.05, 0) is 25.0 Å². The van der Waals surface area contributed by atoms with E-state index >= 15 is 0 Å². The van der Waals surface area contributed by atoms with Crippen molar-refractivity contribution >= 4 is 34.3 Å². The molecule has 100 valence electrons. The fourth-order valence-electron chi connectivity index (χ4n) is 1.55. The first-order chi connectivity index (χ1) is 7.99. The van der Waals surface area contributed by atoms with Crippen molar-refractivity contribution in [2.45, 2.75) is 18.9 Å². The summed E-state index contributed by atoms with van der Waals surface area (Å²) in [6.45, 7) is 3.59. The molecule has 0 aromatic heterocycles. The Morgan fingerprint density at radius 3 is 2.67 bits per heavy atom. The van der Waals surface area contributed by atoms with E-state index in [0.717, 1.165) is 0 Å². The SMILES string of the molecule is C=CCC[C@H](N)c1c(Br)ccc(C(=O)O)c1O.Cl. The van der Waals surface area contributed by atoms with Crippen molar-refractivity contribution in [2.75, 3.05) is 0 Å². The molecule has 0 fully saturated rings. The van der Waals surface area contributed by atoms with Gasteiger partial charge in [0, 0.05) is 16.1 Å².